The second-order valence-corrected chi connectivity index (χ2v) is 5.83. The Balaban J connectivity index is 2.06. The summed E-state index contributed by atoms with van der Waals surface area (Å²) in [7, 11) is 0. The molecule has 2 nitrogen and oxygen atoms in total. The Morgan fingerprint density at radius 1 is 1.11 bits per heavy atom. The van der Waals surface area contributed by atoms with E-state index in [0.717, 1.165) is 29.3 Å². The van der Waals surface area contributed by atoms with Crippen molar-refractivity contribution in [1.29, 1.82) is 0 Å². The number of pyridine rings is 1. The maximum Gasteiger partial charge on any atom is 0.169 e. The highest BCUT2D eigenvalue weighted by Gasteiger charge is 2.35. The first-order chi connectivity index (χ1) is 9.21. The molecule has 1 saturated carbocycles. The van der Waals surface area contributed by atoms with Gasteiger partial charge >= 0.3 is 0 Å². The lowest BCUT2D eigenvalue weighted by molar-refractivity contribution is 0.0751. The van der Waals surface area contributed by atoms with E-state index in [0.29, 0.717) is 5.78 Å². The fourth-order valence-corrected chi connectivity index (χ4v) is 3.19. The lowest BCUT2D eigenvalue weighted by atomic mass is 9.70. The summed E-state index contributed by atoms with van der Waals surface area (Å²) in [6.45, 7) is 2.13. The number of fused-ring (bicyclic) bond motifs is 1. The molecule has 0 radical (unpaired) electrons. The third-order valence-corrected chi connectivity index (χ3v) is 4.40. The molecule has 98 valence electrons. The molecule has 0 aliphatic heterocycles. The molecule has 0 amide bonds. The Morgan fingerprint density at radius 2 is 1.89 bits per heavy atom. The molecule has 1 fully saturated rings. The number of hydrogen-bond acceptors (Lipinski definition) is 2. The largest absolute Gasteiger partial charge is 0.294 e. The SMILES string of the molecule is CC1(C(=O)c2cccc3ncccc23)CCCCC1. The van der Waals surface area contributed by atoms with Crippen LogP contribution < -0.4 is 0 Å². The molecule has 0 saturated heterocycles. The van der Waals surface area contributed by atoms with Gasteiger partial charge in [0.05, 0.1) is 5.52 Å². The second kappa shape index (κ2) is 4.76. The predicted molar refractivity (Wildman–Crippen MR) is 77.3 cm³/mol. The molecule has 3 rings (SSSR count). The number of ketones is 1. The van der Waals surface area contributed by atoms with E-state index in [-0.39, 0.29) is 5.41 Å². The van der Waals surface area contributed by atoms with Gasteiger partial charge in [0.1, 0.15) is 0 Å². The summed E-state index contributed by atoms with van der Waals surface area (Å²) in [5.74, 6) is 0.297. The van der Waals surface area contributed by atoms with Gasteiger partial charge in [-0.1, -0.05) is 44.4 Å². The summed E-state index contributed by atoms with van der Waals surface area (Å²) in [5.41, 5.74) is 1.57. The first kappa shape index (κ1) is 12.3. The van der Waals surface area contributed by atoms with Crippen LogP contribution in [0, 0.1) is 5.41 Å². The molecule has 0 spiro atoms. The van der Waals surface area contributed by atoms with Crippen molar-refractivity contribution in [2.75, 3.05) is 0 Å². The quantitative estimate of drug-likeness (QED) is 0.743. The van der Waals surface area contributed by atoms with Gasteiger partial charge in [-0.25, -0.2) is 0 Å². The van der Waals surface area contributed by atoms with Crippen molar-refractivity contribution in [2.45, 2.75) is 39.0 Å². The Labute approximate surface area is 113 Å². The average molecular weight is 253 g/mol. The molecule has 19 heavy (non-hydrogen) atoms. The lowest BCUT2D eigenvalue weighted by Crippen LogP contribution is -2.30. The normalized spacial score (nSPS) is 18.4. The number of rotatable bonds is 2. The van der Waals surface area contributed by atoms with Crippen molar-refractivity contribution in [3.63, 3.8) is 0 Å². The fourth-order valence-electron chi connectivity index (χ4n) is 3.19. The van der Waals surface area contributed by atoms with Crippen molar-refractivity contribution in [3.05, 3.63) is 42.1 Å². The first-order valence-electron chi connectivity index (χ1n) is 7.09. The number of carbonyl (C=O) groups excluding carboxylic acids is 1. The van der Waals surface area contributed by atoms with Crippen molar-refractivity contribution in [3.8, 4) is 0 Å². The molecule has 1 aromatic carbocycles. The topological polar surface area (TPSA) is 30.0 Å². The molecule has 0 atom stereocenters. The smallest absolute Gasteiger partial charge is 0.169 e. The van der Waals surface area contributed by atoms with Crippen LogP contribution in [0.15, 0.2) is 36.5 Å². The van der Waals surface area contributed by atoms with E-state index >= 15 is 0 Å². The second-order valence-electron chi connectivity index (χ2n) is 5.83. The summed E-state index contributed by atoms with van der Waals surface area (Å²) in [6, 6.07) is 9.76. The zero-order chi connectivity index (χ0) is 13.3. The summed E-state index contributed by atoms with van der Waals surface area (Å²) in [4.78, 5) is 17.2. The van der Waals surface area contributed by atoms with E-state index < -0.39 is 0 Å². The minimum atomic E-state index is -0.178. The van der Waals surface area contributed by atoms with Crippen LogP contribution in [0.2, 0.25) is 0 Å². The van der Waals surface area contributed by atoms with Crippen LogP contribution in [0.3, 0.4) is 0 Å². The van der Waals surface area contributed by atoms with Gasteiger partial charge in [0.25, 0.3) is 0 Å². The molecule has 1 aliphatic rings. The maximum atomic E-state index is 12.9. The first-order valence-corrected chi connectivity index (χ1v) is 7.09. The van der Waals surface area contributed by atoms with Gasteiger partial charge in [0, 0.05) is 22.6 Å². The highest BCUT2D eigenvalue weighted by molar-refractivity contribution is 6.09. The molecule has 1 aliphatic carbocycles. The Bertz CT molecular complexity index is 606. The van der Waals surface area contributed by atoms with E-state index in [4.69, 9.17) is 0 Å². The van der Waals surface area contributed by atoms with Gasteiger partial charge in [-0.2, -0.15) is 0 Å². The number of carbonyl (C=O) groups is 1. The highest BCUT2D eigenvalue weighted by atomic mass is 16.1. The fraction of sp³-hybridized carbons (Fsp3) is 0.412. The van der Waals surface area contributed by atoms with Crippen LogP contribution in [0.1, 0.15) is 49.4 Å². The summed E-state index contributed by atoms with van der Waals surface area (Å²) >= 11 is 0. The van der Waals surface area contributed by atoms with E-state index in [2.05, 4.69) is 11.9 Å². The maximum absolute atomic E-state index is 12.9. The molecule has 2 heteroatoms. The van der Waals surface area contributed by atoms with Crippen LogP contribution in [-0.4, -0.2) is 10.8 Å². The van der Waals surface area contributed by atoms with E-state index in [1.807, 2.05) is 30.3 Å². The number of benzene rings is 1. The van der Waals surface area contributed by atoms with Gasteiger partial charge in [-0.05, 0) is 25.0 Å². The van der Waals surface area contributed by atoms with Crippen LogP contribution in [-0.2, 0) is 0 Å². The third-order valence-electron chi connectivity index (χ3n) is 4.40. The van der Waals surface area contributed by atoms with Crippen molar-refractivity contribution < 1.29 is 4.79 Å². The molecule has 2 aromatic rings. The Kier molecular flexibility index (Phi) is 3.09. The highest BCUT2D eigenvalue weighted by Crippen LogP contribution is 2.39. The summed E-state index contributed by atoms with van der Waals surface area (Å²) in [6.07, 6.45) is 7.42. The molecule has 0 N–H and O–H groups in total. The van der Waals surface area contributed by atoms with E-state index in [9.17, 15) is 4.79 Å². The molecule has 1 heterocycles. The van der Waals surface area contributed by atoms with Gasteiger partial charge in [-0.3, -0.25) is 9.78 Å². The number of Topliss-reactive ketones (excluding diaryl/α,β-unsaturated/α-hetero) is 1. The number of hydrogen-bond donors (Lipinski definition) is 0. The molecular weight excluding hydrogens is 234 g/mol. The van der Waals surface area contributed by atoms with Crippen LogP contribution in [0.5, 0.6) is 0 Å². The average Bonchev–Trinajstić information content (AvgIpc) is 2.47. The monoisotopic (exact) mass is 253 g/mol. The van der Waals surface area contributed by atoms with E-state index in [1.165, 1.54) is 19.3 Å². The predicted octanol–water partition coefficient (Wildman–Crippen LogP) is 4.39. The van der Waals surface area contributed by atoms with Crippen LogP contribution >= 0.6 is 0 Å². The number of nitrogens with zero attached hydrogens (tertiary/aromatic N) is 1. The summed E-state index contributed by atoms with van der Waals surface area (Å²) in [5, 5.41) is 0.988. The van der Waals surface area contributed by atoms with Gasteiger partial charge in [-0.15, -0.1) is 0 Å². The Morgan fingerprint density at radius 3 is 2.68 bits per heavy atom. The standard InChI is InChI=1S/C17H19NO/c1-17(10-3-2-4-11-17)16(19)14-7-5-9-15-13(14)8-6-12-18-15/h5-9,12H,2-4,10-11H2,1H3. The minimum Gasteiger partial charge on any atom is -0.294 e. The van der Waals surface area contributed by atoms with Gasteiger partial charge in [0.15, 0.2) is 5.78 Å². The van der Waals surface area contributed by atoms with Gasteiger partial charge in [0.2, 0.25) is 0 Å². The zero-order valence-corrected chi connectivity index (χ0v) is 11.4. The minimum absolute atomic E-state index is 0.178. The van der Waals surface area contributed by atoms with Crippen LogP contribution in [0.25, 0.3) is 10.9 Å². The van der Waals surface area contributed by atoms with Crippen molar-refractivity contribution >= 4 is 16.7 Å². The van der Waals surface area contributed by atoms with Crippen LogP contribution in [0.4, 0.5) is 0 Å². The molecule has 0 bridgehead atoms. The van der Waals surface area contributed by atoms with Gasteiger partial charge < -0.3 is 0 Å². The molecule has 0 unspecified atom stereocenters. The molecule has 1 aromatic heterocycles. The van der Waals surface area contributed by atoms with Crippen molar-refractivity contribution in [2.24, 2.45) is 5.41 Å². The Hall–Kier alpha value is -1.70. The van der Waals surface area contributed by atoms with Crippen molar-refractivity contribution in [1.82, 2.24) is 4.98 Å². The molecular formula is C17H19NO. The van der Waals surface area contributed by atoms with E-state index in [1.54, 1.807) is 6.20 Å². The third kappa shape index (κ3) is 2.16. The zero-order valence-electron chi connectivity index (χ0n) is 11.4. The summed E-state index contributed by atoms with van der Waals surface area (Å²) < 4.78 is 0. The lowest BCUT2D eigenvalue weighted by Gasteiger charge is -2.32. The number of aromatic nitrogens is 1.